The summed E-state index contributed by atoms with van der Waals surface area (Å²) in [5.74, 6) is 0. The minimum atomic E-state index is -0.280. The minimum Gasteiger partial charge on any atom is -0.330 e. The number of nitrogens with one attached hydrogen (secondary N) is 1. The van der Waals surface area contributed by atoms with Crippen LogP contribution in [0, 0.1) is 0 Å². The lowest BCUT2D eigenvalue weighted by Crippen LogP contribution is -2.16. The van der Waals surface area contributed by atoms with Gasteiger partial charge in [-0.05, 0) is 25.5 Å². The van der Waals surface area contributed by atoms with Crippen LogP contribution in [0.3, 0.4) is 0 Å². The van der Waals surface area contributed by atoms with Crippen molar-refractivity contribution in [3.05, 3.63) is 27.9 Å². The van der Waals surface area contributed by atoms with E-state index in [0.717, 1.165) is 17.8 Å². The molecule has 66 valence electrons. The summed E-state index contributed by atoms with van der Waals surface area (Å²) in [4.78, 5) is 17.4. The van der Waals surface area contributed by atoms with Crippen molar-refractivity contribution >= 4 is 0 Å². The maximum absolute atomic E-state index is 10.9. The first-order valence-electron chi connectivity index (χ1n) is 4.05. The Bertz CT molecular complexity index is 305. The summed E-state index contributed by atoms with van der Waals surface area (Å²) in [7, 11) is 0. The van der Waals surface area contributed by atoms with Gasteiger partial charge in [0.05, 0.1) is 0 Å². The predicted molar refractivity (Wildman–Crippen MR) is 47.0 cm³/mol. The molecule has 4 nitrogen and oxygen atoms in total. The molecule has 1 rings (SSSR count). The van der Waals surface area contributed by atoms with Gasteiger partial charge in [0, 0.05) is 11.4 Å². The number of hydrogen-bond acceptors (Lipinski definition) is 3. The van der Waals surface area contributed by atoms with Crippen molar-refractivity contribution in [1.29, 1.82) is 0 Å². The maximum atomic E-state index is 10.9. The van der Waals surface area contributed by atoms with Gasteiger partial charge in [0.25, 0.3) is 0 Å². The zero-order valence-electron chi connectivity index (χ0n) is 7.13. The van der Waals surface area contributed by atoms with Crippen LogP contribution in [0.2, 0.25) is 0 Å². The van der Waals surface area contributed by atoms with Crippen LogP contribution < -0.4 is 11.4 Å². The van der Waals surface area contributed by atoms with Crippen molar-refractivity contribution in [2.75, 3.05) is 6.54 Å². The second kappa shape index (κ2) is 4.01. The van der Waals surface area contributed by atoms with Crippen LogP contribution in [0.25, 0.3) is 0 Å². The van der Waals surface area contributed by atoms with Crippen molar-refractivity contribution in [2.45, 2.75) is 19.8 Å². The Morgan fingerprint density at radius 1 is 1.67 bits per heavy atom. The van der Waals surface area contributed by atoms with E-state index in [2.05, 4.69) is 9.97 Å². The fourth-order valence-electron chi connectivity index (χ4n) is 1.04. The first-order valence-corrected chi connectivity index (χ1v) is 4.05. The average Bonchev–Trinajstić information content (AvgIpc) is 2.04. The molecule has 0 amide bonds. The molecule has 0 aliphatic rings. The van der Waals surface area contributed by atoms with Crippen molar-refractivity contribution in [2.24, 2.45) is 5.73 Å². The number of nitrogens with zero attached hydrogens (tertiary/aromatic N) is 1. The summed E-state index contributed by atoms with van der Waals surface area (Å²) in [5, 5.41) is 0. The summed E-state index contributed by atoms with van der Waals surface area (Å²) in [6, 6.07) is 1.88. The molecule has 12 heavy (non-hydrogen) atoms. The highest BCUT2D eigenvalue weighted by Crippen LogP contribution is 1.96. The molecular weight excluding hydrogens is 154 g/mol. The second-order valence-corrected chi connectivity index (χ2v) is 2.60. The minimum absolute atomic E-state index is 0.280. The van der Waals surface area contributed by atoms with Gasteiger partial charge in [-0.15, -0.1) is 0 Å². The monoisotopic (exact) mass is 167 g/mol. The number of rotatable bonds is 3. The number of H-pyrrole nitrogens is 1. The van der Waals surface area contributed by atoms with Gasteiger partial charge in [-0.2, -0.15) is 4.98 Å². The van der Waals surface area contributed by atoms with E-state index < -0.39 is 0 Å². The van der Waals surface area contributed by atoms with Crippen LogP contribution in [0.1, 0.15) is 18.3 Å². The van der Waals surface area contributed by atoms with Crippen LogP contribution in [0.5, 0.6) is 0 Å². The first kappa shape index (κ1) is 8.93. The molecule has 4 heteroatoms. The summed E-state index contributed by atoms with van der Waals surface area (Å²) >= 11 is 0. The SMILES string of the molecule is CCc1cc(CCN)[nH]c(=O)n1. The predicted octanol–water partition coefficient (Wildman–Crippen LogP) is -0.166. The standard InChI is InChI=1S/C8H13N3O/c1-2-6-5-7(3-4-9)11-8(12)10-6/h5H,2-4,9H2,1H3,(H,10,11,12). The molecule has 0 spiro atoms. The molecule has 0 fully saturated rings. The Morgan fingerprint density at radius 3 is 3.00 bits per heavy atom. The number of hydrogen-bond donors (Lipinski definition) is 2. The largest absolute Gasteiger partial charge is 0.345 e. The molecule has 0 atom stereocenters. The fraction of sp³-hybridized carbons (Fsp3) is 0.500. The highest BCUT2D eigenvalue weighted by molar-refractivity contribution is 5.08. The van der Waals surface area contributed by atoms with E-state index in [9.17, 15) is 4.79 Å². The fourth-order valence-corrected chi connectivity index (χ4v) is 1.04. The molecule has 0 saturated heterocycles. The summed E-state index contributed by atoms with van der Waals surface area (Å²) in [6.45, 7) is 2.51. The molecular formula is C8H13N3O. The van der Waals surface area contributed by atoms with E-state index in [4.69, 9.17) is 5.73 Å². The van der Waals surface area contributed by atoms with E-state index in [-0.39, 0.29) is 5.69 Å². The van der Waals surface area contributed by atoms with Crippen LogP contribution in [0.4, 0.5) is 0 Å². The Labute approximate surface area is 70.8 Å². The Morgan fingerprint density at radius 2 is 2.42 bits per heavy atom. The van der Waals surface area contributed by atoms with Crippen molar-refractivity contribution < 1.29 is 0 Å². The van der Waals surface area contributed by atoms with Crippen LogP contribution in [-0.4, -0.2) is 16.5 Å². The lowest BCUT2D eigenvalue weighted by Gasteiger charge is -1.99. The van der Waals surface area contributed by atoms with Crippen molar-refractivity contribution in [3.63, 3.8) is 0 Å². The van der Waals surface area contributed by atoms with Gasteiger partial charge in [0.1, 0.15) is 0 Å². The Hall–Kier alpha value is -1.16. The van der Waals surface area contributed by atoms with Crippen LogP contribution in [0.15, 0.2) is 10.9 Å². The molecule has 0 aromatic carbocycles. The molecule has 0 radical (unpaired) electrons. The van der Waals surface area contributed by atoms with E-state index >= 15 is 0 Å². The summed E-state index contributed by atoms with van der Waals surface area (Å²) in [6.07, 6.45) is 1.48. The van der Waals surface area contributed by atoms with Crippen LogP contribution in [-0.2, 0) is 12.8 Å². The molecule has 1 aromatic heterocycles. The molecule has 1 heterocycles. The normalized spacial score (nSPS) is 10.2. The third-order valence-electron chi connectivity index (χ3n) is 1.63. The highest BCUT2D eigenvalue weighted by atomic mass is 16.1. The van der Waals surface area contributed by atoms with Gasteiger partial charge in [-0.25, -0.2) is 4.79 Å². The summed E-state index contributed by atoms with van der Waals surface area (Å²) in [5.41, 5.74) is 6.77. The number of aromatic amines is 1. The van der Waals surface area contributed by atoms with Crippen LogP contribution >= 0.6 is 0 Å². The van der Waals surface area contributed by atoms with Gasteiger partial charge in [0.15, 0.2) is 0 Å². The average molecular weight is 167 g/mol. The summed E-state index contributed by atoms with van der Waals surface area (Å²) < 4.78 is 0. The third-order valence-corrected chi connectivity index (χ3v) is 1.63. The van der Waals surface area contributed by atoms with E-state index in [1.807, 2.05) is 13.0 Å². The number of aryl methyl sites for hydroxylation is 1. The zero-order valence-corrected chi connectivity index (χ0v) is 7.13. The maximum Gasteiger partial charge on any atom is 0.345 e. The topological polar surface area (TPSA) is 71.8 Å². The molecule has 0 saturated carbocycles. The Kier molecular flexibility index (Phi) is 2.99. The molecule has 0 aliphatic carbocycles. The molecule has 0 bridgehead atoms. The van der Waals surface area contributed by atoms with Crippen molar-refractivity contribution in [1.82, 2.24) is 9.97 Å². The molecule has 1 aromatic rings. The van der Waals surface area contributed by atoms with E-state index in [0.29, 0.717) is 13.0 Å². The Balaban J connectivity index is 2.98. The third kappa shape index (κ3) is 2.17. The lowest BCUT2D eigenvalue weighted by molar-refractivity contribution is 0.861. The lowest BCUT2D eigenvalue weighted by atomic mass is 10.2. The quantitative estimate of drug-likeness (QED) is 0.656. The van der Waals surface area contributed by atoms with Crippen molar-refractivity contribution in [3.8, 4) is 0 Å². The van der Waals surface area contributed by atoms with Gasteiger partial charge in [-0.3, -0.25) is 0 Å². The molecule has 0 unspecified atom stereocenters. The zero-order chi connectivity index (χ0) is 8.97. The molecule has 0 aliphatic heterocycles. The van der Waals surface area contributed by atoms with Gasteiger partial charge < -0.3 is 10.7 Å². The van der Waals surface area contributed by atoms with Gasteiger partial charge in [-0.1, -0.05) is 6.92 Å². The highest BCUT2D eigenvalue weighted by Gasteiger charge is 1.97. The van der Waals surface area contributed by atoms with E-state index in [1.165, 1.54) is 0 Å². The number of nitrogens with two attached hydrogens (primary N) is 1. The van der Waals surface area contributed by atoms with E-state index in [1.54, 1.807) is 0 Å². The second-order valence-electron chi connectivity index (χ2n) is 2.60. The smallest absolute Gasteiger partial charge is 0.330 e. The number of aromatic nitrogens is 2. The van der Waals surface area contributed by atoms with Gasteiger partial charge in [0.2, 0.25) is 0 Å². The van der Waals surface area contributed by atoms with Gasteiger partial charge >= 0.3 is 5.69 Å². The first-order chi connectivity index (χ1) is 5.76. The molecule has 3 N–H and O–H groups in total.